The van der Waals surface area contributed by atoms with E-state index in [9.17, 15) is 0 Å². The van der Waals surface area contributed by atoms with Gasteiger partial charge in [-0.05, 0) is 32.3 Å². The van der Waals surface area contributed by atoms with Crippen molar-refractivity contribution in [3.05, 3.63) is 18.0 Å². The third-order valence-corrected chi connectivity index (χ3v) is 3.30. The monoisotopic (exact) mass is 249 g/mol. The van der Waals surface area contributed by atoms with Gasteiger partial charge in [-0.1, -0.05) is 19.3 Å². The Morgan fingerprint density at radius 2 is 2.17 bits per heavy atom. The summed E-state index contributed by atoms with van der Waals surface area (Å²) in [5, 5.41) is 3.22. The molecule has 18 heavy (non-hydrogen) atoms. The fourth-order valence-electron chi connectivity index (χ4n) is 2.29. The molecule has 0 atom stereocenters. The van der Waals surface area contributed by atoms with Crippen molar-refractivity contribution in [2.45, 2.75) is 51.6 Å². The minimum Gasteiger partial charge on any atom is -0.378 e. The second-order valence-electron chi connectivity index (χ2n) is 4.93. The molecular weight excluding hydrogens is 226 g/mol. The highest BCUT2D eigenvalue weighted by Gasteiger charge is 2.12. The van der Waals surface area contributed by atoms with Crippen LogP contribution in [0.5, 0.6) is 0 Å². The van der Waals surface area contributed by atoms with Crippen molar-refractivity contribution in [3.8, 4) is 0 Å². The van der Waals surface area contributed by atoms with Crippen molar-refractivity contribution < 1.29 is 4.74 Å². The number of rotatable bonds is 6. The van der Waals surface area contributed by atoms with Crippen molar-refractivity contribution in [1.29, 1.82) is 0 Å². The summed E-state index contributed by atoms with van der Waals surface area (Å²) in [5.74, 6) is 0.715. The molecule has 1 N–H and O–H groups in total. The molecule has 100 valence electrons. The van der Waals surface area contributed by atoms with Gasteiger partial charge in [0.1, 0.15) is 0 Å². The number of ether oxygens (including phenoxy) is 1. The molecule has 1 aromatic heterocycles. The van der Waals surface area contributed by atoms with Gasteiger partial charge in [-0.15, -0.1) is 0 Å². The average Bonchev–Trinajstić information content (AvgIpc) is 2.40. The first-order valence-electron chi connectivity index (χ1n) is 7.00. The van der Waals surface area contributed by atoms with Crippen molar-refractivity contribution in [3.63, 3.8) is 0 Å². The molecule has 4 heteroatoms. The normalized spacial score (nSPS) is 16.7. The van der Waals surface area contributed by atoms with E-state index in [2.05, 4.69) is 15.3 Å². The van der Waals surface area contributed by atoms with Gasteiger partial charge >= 0.3 is 0 Å². The number of aromatic nitrogens is 2. The fourth-order valence-corrected chi connectivity index (χ4v) is 2.29. The van der Waals surface area contributed by atoms with E-state index in [1.54, 1.807) is 6.20 Å². The van der Waals surface area contributed by atoms with Crippen molar-refractivity contribution in [2.24, 2.45) is 0 Å². The van der Waals surface area contributed by atoms with E-state index in [4.69, 9.17) is 4.74 Å². The third kappa shape index (κ3) is 4.61. The summed E-state index contributed by atoms with van der Waals surface area (Å²) in [6.45, 7) is 3.68. The highest BCUT2D eigenvalue weighted by molar-refractivity contribution is 5.24. The first-order chi connectivity index (χ1) is 8.84. The lowest BCUT2D eigenvalue weighted by atomic mass is 9.98. The molecule has 0 amide bonds. The van der Waals surface area contributed by atoms with Crippen molar-refractivity contribution >= 4 is 5.95 Å². The largest absolute Gasteiger partial charge is 0.378 e. The number of hydrogen-bond acceptors (Lipinski definition) is 4. The summed E-state index contributed by atoms with van der Waals surface area (Å²) in [5.41, 5.74) is 0.992. The number of nitrogens with one attached hydrogen (secondary N) is 1. The van der Waals surface area contributed by atoms with Crippen LogP contribution < -0.4 is 5.32 Å². The third-order valence-electron chi connectivity index (χ3n) is 3.30. The van der Waals surface area contributed by atoms with Gasteiger partial charge in [0.05, 0.1) is 6.10 Å². The minimum atomic E-state index is 0.508. The molecule has 0 radical (unpaired) electrons. The molecule has 0 aromatic carbocycles. The van der Waals surface area contributed by atoms with Crippen molar-refractivity contribution in [2.75, 3.05) is 18.5 Å². The van der Waals surface area contributed by atoms with Crippen LogP contribution in [0.2, 0.25) is 0 Å². The molecule has 2 rings (SSSR count). The maximum atomic E-state index is 5.86. The number of anilines is 1. The van der Waals surface area contributed by atoms with Gasteiger partial charge in [0, 0.05) is 25.0 Å². The smallest absolute Gasteiger partial charge is 0.222 e. The van der Waals surface area contributed by atoms with Crippen LogP contribution in [0.1, 0.15) is 44.2 Å². The second-order valence-corrected chi connectivity index (χ2v) is 4.93. The van der Waals surface area contributed by atoms with Gasteiger partial charge in [0.25, 0.3) is 0 Å². The lowest BCUT2D eigenvalue weighted by Crippen LogP contribution is -2.18. The van der Waals surface area contributed by atoms with Crippen LogP contribution in [0.25, 0.3) is 0 Å². The summed E-state index contributed by atoms with van der Waals surface area (Å²) in [7, 11) is 0. The van der Waals surface area contributed by atoms with Gasteiger partial charge in [0.15, 0.2) is 0 Å². The standard InChI is InChI=1S/C14H23N3O/c1-12-8-10-16-14(17-12)15-9-5-11-18-13-6-3-2-4-7-13/h8,10,13H,2-7,9,11H2,1H3,(H,15,16,17). The van der Waals surface area contributed by atoms with Crippen LogP contribution in [0, 0.1) is 6.92 Å². The average molecular weight is 249 g/mol. The molecule has 0 bridgehead atoms. The molecule has 1 heterocycles. The van der Waals surface area contributed by atoms with Crippen LogP contribution in [0.15, 0.2) is 12.3 Å². The van der Waals surface area contributed by atoms with Gasteiger partial charge in [0.2, 0.25) is 5.95 Å². The Morgan fingerprint density at radius 3 is 2.94 bits per heavy atom. The van der Waals surface area contributed by atoms with Gasteiger partial charge in [-0.25, -0.2) is 9.97 Å². The molecule has 1 aromatic rings. The Bertz CT molecular complexity index is 351. The zero-order valence-electron chi connectivity index (χ0n) is 11.2. The number of nitrogens with zero attached hydrogens (tertiary/aromatic N) is 2. The van der Waals surface area contributed by atoms with Gasteiger partial charge < -0.3 is 10.1 Å². The molecule has 0 aliphatic heterocycles. The molecule has 0 unspecified atom stereocenters. The summed E-state index contributed by atoms with van der Waals surface area (Å²) < 4.78 is 5.86. The van der Waals surface area contributed by atoms with Crippen molar-refractivity contribution in [1.82, 2.24) is 9.97 Å². The lowest BCUT2D eigenvalue weighted by molar-refractivity contribution is 0.0284. The number of aryl methyl sites for hydroxylation is 1. The number of hydrogen-bond donors (Lipinski definition) is 1. The van der Waals surface area contributed by atoms with E-state index in [-0.39, 0.29) is 0 Å². The highest BCUT2D eigenvalue weighted by atomic mass is 16.5. The molecule has 1 fully saturated rings. The molecule has 1 aliphatic rings. The SMILES string of the molecule is Cc1ccnc(NCCCOC2CCCCC2)n1. The van der Waals surface area contributed by atoms with Crippen LogP contribution in [0.4, 0.5) is 5.95 Å². The molecule has 0 saturated heterocycles. The molecule has 4 nitrogen and oxygen atoms in total. The maximum absolute atomic E-state index is 5.86. The Kier molecular flexibility index (Phi) is 5.39. The van der Waals surface area contributed by atoms with Crippen LogP contribution in [0.3, 0.4) is 0 Å². The summed E-state index contributed by atoms with van der Waals surface area (Å²) in [6, 6.07) is 1.90. The lowest BCUT2D eigenvalue weighted by Gasteiger charge is -2.21. The fraction of sp³-hybridized carbons (Fsp3) is 0.714. The predicted octanol–water partition coefficient (Wildman–Crippen LogP) is 2.94. The van der Waals surface area contributed by atoms with Crippen LogP contribution >= 0.6 is 0 Å². The minimum absolute atomic E-state index is 0.508. The Hall–Kier alpha value is -1.16. The molecule has 1 aliphatic carbocycles. The Morgan fingerprint density at radius 1 is 1.33 bits per heavy atom. The molecular formula is C14H23N3O. The van der Waals surface area contributed by atoms with E-state index in [0.717, 1.165) is 25.3 Å². The van der Waals surface area contributed by atoms with E-state index in [0.29, 0.717) is 12.1 Å². The zero-order valence-corrected chi connectivity index (χ0v) is 11.2. The first-order valence-corrected chi connectivity index (χ1v) is 7.00. The van der Waals surface area contributed by atoms with Crippen LogP contribution in [-0.2, 0) is 4.74 Å². The summed E-state index contributed by atoms with van der Waals surface area (Å²) in [4.78, 5) is 8.46. The first kappa shape index (κ1) is 13.3. The zero-order chi connectivity index (χ0) is 12.6. The Balaban J connectivity index is 1.55. The van der Waals surface area contributed by atoms with E-state index >= 15 is 0 Å². The Labute approximate surface area is 109 Å². The van der Waals surface area contributed by atoms with Gasteiger partial charge in [-0.3, -0.25) is 0 Å². The quantitative estimate of drug-likeness (QED) is 0.787. The molecule has 0 spiro atoms. The van der Waals surface area contributed by atoms with E-state index < -0.39 is 0 Å². The summed E-state index contributed by atoms with van der Waals surface area (Å²) in [6.07, 6.45) is 9.83. The second kappa shape index (κ2) is 7.31. The highest BCUT2D eigenvalue weighted by Crippen LogP contribution is 2.20. The predicted molar refractivity (Wildman–Crippen MR) is 72.7 cm³/mol. The topological polar surface area (TPSA) is 47.0 Å². The van der Waals surface area contributed by atoms with Crippen LogP contribution in [-0.4, -0.2) is 29.2 Å². The molecule has 1 saturated carbocycles. The maximum Gasteiger partial charge on any atom is 0.222 e. The van der Waals surface area contributed by atoms with E-state index in [1.807, 2.05) is 13.0 Å². The van der Waals surface area contributed by atoms with Gasteiger partial charge in [-0.2, -0.15) is 0 Å². The summed E-state index contributed by atoms with van der Waals surface area (Å²) >= 11 is 0. The van der Waals surface area contributed by atoms with E-state index in [1.165, 1.54) is 32.1 Å².